The van der Waals surface area contributed by atoms with Crippen molar-refractivity contribution in [1.29, 1.82) is 0 Å². The quantitative estimate of drug-likeness (QED) is 0.815. The second kappa shape index (κ2) is 5.97. The lowest BCUT2D eigenvalue weighted by molar-refractivity contribution is 0.0926. The summed E-state index contributed by atoms with van der Waals surface area (Å²) in [5.41, 5.74) is 6.95. The number of ketones is 1. The zero-order valence-electron chi connectivity index (χ0n) is 11.2. The molecule has 1 saturated carbocycles. The summed E-state index contributed by atoms with van der Waals surface area (Å²) in [4.78, 5) is 23.4. The number of hydrogen-bond acceptors (Lipinski definition) is 3. The number of benzene rings is 1. The van der Waals surface area contributed by atoms with E-state index in [9.17, 15) is 9.59 Å². The zero-order valence-corrected chi connectivity index (χ0v) is 11.2. The van der Waals surface area contributed by atoms with Gasteiger partial charge in [-0.3, -0.25) is 9.59 Å². The van der Waals surface area contributed by atoms with Gasteiger partial charge in [-0.1, -0.05) is 12.1 Å². The van der Waals surface area contributed by atoms with Crippen molar-refractivity contribution in [3.8, 4) is 0 Å². The molecule has 2 rings (SSSR count). The van der Waals surface area contributed by atoms with Gasteiger partial charge < -0.3 is 11.1 Å². The summed E-state index contributed by atoms with van der Waals surface area (Å²) in [7, 11) is 0. The Balaban J connectivity index is 2.00. The molecule has 1 aromatic rings. The first-order chi connectivity index (χ1) is 9.06. The topological polar surface area (TPSA) is 72.2 Å². The zero-order chi connectivity index (χ0) is 13.8. The molecule has 0 saturated heterocycles. The number of nitrogens with two attached hydrogens (primary N) is 1. The largest absolute Gasteiger partial charge is 0.349 e. The maximum Gasteiger partial charge on any atom is 0.251 e. The molecule has 0 bridgehead atoms. The summed E-state index contributed by atoms with van der Waals surface area (Å²) < 4.78 is 0. The summed E-state index contributed by atoms with van der Waals surface area (Å²) in [5.74, 6) is -0.137. The third-order valence-corrected chi connectivity index (χ3v) is 3.64. The Kier molecular flexibility index (Phi) is 4.32. The first-order valence-corrected chi connectivity index (χ1v) is 6.73. The van der Waals surface area contributed by atoms with Gasteiger partial charge in [-0.05, 0) is 44.7 Å². The molecule has 102 valence electrons. The number of carbonyl (C=O) groups is 2. The average Bonchev–Trinajstić information content (AvgIpc) is 2.41. The highest BCUT2D eigenvalue weighted by molar-refractivity contribution is 5.99. The van der Waals surface area contributed by atoms with E-state index in [1.807, 2.05) is 0 Å². The number of amides is 1. The number of Topliss-reactive ketones (excluding diaryl/α,β-unsaturated/α-hetero) is 1. The molecular formula is C15H20N2O2. The van der Waals surface area contributed by atoms with Gasteiger partial charge in [0.1, 0.15) is 0 Å². The van der Waals surface area contributed by atoms with Crippen LogP contribution in [0.25, 0.3) is 0 Å². The molecule has 0 unspecified atom stereocenters. The van der Waals surface area contributed by atoms with Crippen LogP contribution in [0.3, 0.4) is 0 Å². The van der Waals surface area contributed by atoms with Crippen LogP contribution >= 0.6 is 0 Å². The van der Waals surface area contributed by atoms with E-state index in [0.29, 0.717) is 11.1 Å². The SMILES string of the molecule is CC(=O)c1cccc(C(=O)N[C@H]2CC[C@H](N)CC2)c1. The van der Waals surface area contributed by atoms with Crippen LogP contribution in [0.1, 0.15) is 53.3 Å². The lowest BCUT2D eigenvalue weighted by atomic mass is 9.91. The van der Waals surface area contributed by atoms with E-state index < -0.39 is 0 Å². The van der Waals surface area contributed by atoms with Crippen LogP contribution in [0.5, 0.6) is 0 Å². The van der Waals surface area contributed by atoms with E-state index in [-0.39, 0.29) is 23.8 Å². The van der Waals surface area contributed by atoms with Crippen molar-refractivity contribution >= 4 is 11.7 Å². The third-order valence-electron chi connectivity index (χ3n) is 3.64. The van der Waals surface area contributed by atoms with Gasteiger partial charge in [-0.25, -0.2) is 0 Å². The van der Waals surface area contributed by atoms with Crippen LogP contribution in [-0.4, -0.2) is 23.8 Å². The minimum absolute atomic E-state index is 0.0294. The summed E-state index contributed by atoms with van der Waals surface area (Å²) in [6.45, 7) is 1.50. The molecule has 19 heavy (non-hydrogen) atoms. The number of carbonyl (C=O) groups excluding carboxylic acids is 2. The van der Waals surface area contributed by atoms with Crippen molar-refractivity contribution in [1.82, 2.24) is 5.32 Å². The summed E-state index contributed by atoms with van der Waals surface area (Å²) in [5, 5.41) is 3.02. The molecule has 1 aromatic carbocycles. The van der Waals surface area contributed by atoms with Gasteiger partial charge in [0.25, 0.3) is 5.91 Å². The van der Waals surface area contributed by atoms with Crippen molar-refractivity contribution in [3.63, 3.8) is 0 Å². The van der Waals surface area contributed by atoms with Gasteiger partial charge >= 0.3 is 0 Å². The molecule has 0 atom stereocenters. The predicted octanol–water partition coefficient (Wildman–Crippen LogP) is 1.89. The maximum absolute atomic E-state index is 12.1. The molecule has 0 heterocycles. The van der Waals surface area contributed by atoms with Crippen LogP contribution in [0.4, 0.5) is 0 Å². The van der Waals surface area contributed by atoms with Gasteiger partial charge in [-0.15, -0.1) is 0 Å². The van der Waals surface area contributed by atoms with Crippen LogP contribution in [-0.2, 0) is 0 Å². The highest BCUT2D eigenvalue weighted by Gasteiger charge is 2.20. The first kappa shape index (κ1) is 13.7. The fraction of sp³-hybridized carbons (Fsp3) is 0.467. The Bertz CT molecular complexity index is 477. The molecule has 4 heteroatoms. The Morgan fingerprint density at radius 1 is 1.16 bits per heavy atom. The van der Waals surface area contributed by atoms with Crippen molar-refractivity contribution in [2.75, 3.05) is 0 Å². The number of hydrogen-bond donors (Lipinski definition) is 2. The summed E-state index contributed by atoms with van der Waals surface area (Å²) in [6, 6.07) is 7.31. The van der Waals surface area contributed by atoms with Crippen LogP contribution in [0.15, 0.2) is 24.3 Å². The lowest BCUT2D eigenvalue weighted by Gasteiger charge is -2.26. The maximum atomic E-state index is 12.1. The Morgan fingerprint density at radius 3 is 2.42 bits per heavy atom. The molecular weight excluding hydrogens is 240 g/mol. The molecule has 3 N–H and O–H groups in total. The summed E-state index contributed by atoms with van der Waals surface area (Å²) >= 11 is 0. The Morgan fingerprint density at radius 2 is 1.79 bits per heavy atom. The highest BCUT2D eigenvalue weighted by atomic mass is 16.1. The van der Waals surface area contributed by atoms with E-state index in [4.69, 9.17) is 5.73 Å². The normalized spacial score (nSPS) is 22.8. The average molecular weight is 260 g/mol. The molecule has 0 radical (unpaired) electrons. The number of nitrogens with one attached hydrogen (secondary N) is 1. The Hall–Kier alpha value is -1.68. The minimum Gasteiger partial charge on any atom is -0.349 e. The highest BCUT2D eigenvalue weighted by Crippen LogP contribution is 2.17. The Labute approximate surface area is 113 Å². The van der Waals surface area contributed by atoms with Gasteiger partial charge in [0, 0.05) is 23.2 Å². The number of rotatable bonds is 3. The first-order valence-electron chi connectivity index (χ1n) is 6.73. The van der Waals surface area contributed by atoms with E-state index in [1.165, 1.54) is 6.92 Å². The molecule has 0 aliphatic heterocycles. The second-order valence-corrected chi connectivity index (χ2v) is 5.22. The van der Waals surface area contributed by atoms with Gasteiger partial charge in [0.05, 0.1) is 0 Å². The third kappa shape index (κ3) is 3.64. The van der Waals surface area contributed by atoms with Crippen LogP contribution in [0.2, 0.25) is 0 Å². The molecule has 4 nitrogen and oxygen atoms in total. The summed E-state index contributed by atoms with van der Waals surface area (Å²) in [6.07, 6.45) is 3.77. The molecule has 1 fully saturated rings. The predicted molar refractivity (Wildman–Crippen MR) is 74.1 cm³/mol. The molecule has 0 spiro atoms. The second-order valence-electron chi connectivity index (χ2n) is 5.22. The van der Waals surface area contributed by atoms with Crippen LogP contribution < -0.4 is 11.1 Å². The van der Waals surface area contributed by atoms with Crippen molar-refractivity contribution in [3.05, 3.63) is 35.4 Å². The van der Waals surface area contributed by atoms with Crippen molar-refractivity contribution in [2.24, 2.45) is 5.73 Å². The molecule has 0 aromatic heterocycles. The molecule has 1 aliphatic carbocycles. The van der Waals surface area contributed by atoms with Gasteiger partial charge in [0.2, 0.25) is 0 Å². The van der Waals surface area contributed by atoms with E-state index >= 15 is 0 Å². The monoisotopic (exact) mass is 260 g/mol. The van der Waals surface area contributed by atoms with Crippen molar-refractivity contribution < 1.29 is 9.59 Å². The lowest BCUT2D eigenvalue weighted by Crippen LogP contribution is -2.40. The van der Waals surface area contributed by atoms with E-state index in [1.54, 1.807) is 24.3 Å². The minimum atomic E-state index is -0.108. The fourth-order valence-electron chi connectivity index (χ4n) is 2.41. The van der Waals surface area contributed by atoms with E-state index in [0.717, 1.165) is 25.7 Å². The van der Waals surface area contributed by atoms with Crippen LogP contribution in [0, 0.1) is 0 Å². The van der Waals surface area contributed by atoms with Gasteiger partial charge in [0.15, 0.2) is 5.78 Å². The smallest absolute Gasteiger partial charge is 0.251 e. The fourth-order valence-corrected chi connectivity index (χ4v) is 2.41. The van der Waals surface area contributed by atoms with E-state index in [2.05, 4.69) is 5.32 Å². The van der Waals surface area contributed by atoms with Crippen molar-refractivity contribution in [2.45, 2.75) is 44.7 Å². The standard InChI is InChI=1S/C15H20N2O2/c1-10(18)11-3-2-4-12(9-11)15(19)17-14-7-5-13(16)6-8-14/h2-4,9,13-14H,5-8,16H2,1H3,(H,17,19)/t13-,14-. The molecule has 1 aliphatic rings. The molecule has 1 amide bonds. The van der Waals surface area contributed by atoms with Gasteiger partial charge in [-0.2, -0.15) is 0 Å².